The maximum Gasteiger partial charge on any atom is 0.261 e. The number of rotatable bonds is 7. The van der Waals surface area contributed by atoms with Gasteiger partial charge in [-0.05, 0) is 56.3 Å². The van der Waals surface area contributed by atoms with E-state index in [1.54, 1.807) is 12.1 Å². The Morgan fingerprint density at radius 2 is 1.76 bits per heavy atom. The molecule has 0 radical (unpaired) electrons. The van der Waals surface area contributed by atoms with E-state index in [2.05, 4.69) is 54.9 Å². The number of para-hydroxylation sites is 1. The summed E-state index contributed by atoms with van der Waals surface area (Å²) in [5, 5.41) is 9.12. The highest BCUT2D eigenvalue weighted by Gasteiger charge is 2.25. The molecule has 3 aromatic rings. The standard InChI is InChI=1S/C25H28FN7O/c1-32-12-14-33(15-13-32)19-10-8-18(9-11-19)29-25-27-16-20(23(31-25)28-17-6-7-17)24(34)30-22-5-3-2-4-21(22)26/h2-5,8-11,16-17H,6-7,12-15H2,1H3,(H,30,34)(H2,27,28,29,31). The zero-order valence-electron chi connectivity index (χ0n) is 19.1. The summed E-state index contributed by atoms with van der Waals surface area (Å²) >= 11 is 0. The van der Waals surface area contributed by atoms with Crippen LogP contribution in [-0.2, 0) is 0 Å². The normalized spacial score (nSPS) is 16.2. The average molecular weight is 462 g/mol. The van der Waals surface area contributed by atoms with Crippen molar-refractivity contribution in [2.75, 3.05) is 54.1 Å². The van der Waals surface area contributed by atoms with Crippen LogP contribution in [0.15, 0.2) is 54.7 Å². The molecule has 2 aliphatic rings. The predicted molar refractivity (Wildman–Crippen MR) is 132 cm³/mol. The molecule has 5 rings (SSSR count). The summed E-state index contributed by atoms with van der Waals surface area (Å²) in [7, 11) is 2.14. The van der Waals surface area contributed by atoms with Crippen molar-refractivity contribution in [1.29, 1.82) is 0 Å². The smallest absolute Gasteiger partial charge is 0.261 e. The molecule has 1 amide bonds. The second-order valence-electron chi connectivity index (χ2n) is 8.77. The zero-order chi connectivity index (χ0) is 23.5. The second kappa shape index (κ2) is 9.64. The van der Waals surface area contributed by atoms with Crippen LogP contribution in [-0.4, -0.2) is 60.0 Å². The number of likely N-dealkylation sites (N-methyl/N-ethyl adjacent to an activating group) is 1. The Balaban J connectivity index is 1.30. The van der Waals surface area contributed by atoms with Crippen molar-refractivity contribution in [1.82, 2.24) is 14.9 Å². The number of amides is 1. The van der Waals surface area contributed by atoms with Gasteiger partial charge in [0.2, 0.25) is 5.95 Å². The third kappa shape index (κ3) is 5.26. The van der Waals surface area contributed by atoms with Crippen molar-refractivity contribution in [3.63, 3.8) is 0 Å². The Kier molecular flexibility index (Phi) is 6.27. The molecule has 2 fully saturated rings. The van der Waals surface area contributed by atoms with Gasteiger partial charge in [0.15, 0.2) is 0 Å². The molecule has 1 aromatic heterocycles. The lowest BCUT2D eigenvalue weighted by Gasteiger charge is -2.34. The number of anilines is 5. The Bertz CT molecular complexity index is 1160. The number of benzene rings is 2. The third-order valence-corrected chi connectivity index (χ3v) is 6.07. The van der Waals surface area contributed by atoms with Crippen molar-refractivity contribution in [3.8, 4) is 0 Å². The number of hydrogen-bond acceptors (Lipinski definition) is 7. The van der Waals surface area contributed by atoms with Crippen LogP contribution in [0, 0.1) is 5.82 Å². The third-order valence-electron chi connectivity index (χ3n) is 6.07. The van der Waals surface area contributed by atoms with Gasteiger partial charge in [-0.3, -0.25) is 4.79 Å². The van der Waals surface area contributed by atoms with Crippen LogP contribution in [0.1, 0.15) is 23.2 Å². The average Bonchev–Trinajstić information content (AvgIpc) is 3.66. The molecule has 34 heavy (non-hydrogen) atoms. The number of nitrogens with zero attached hydrogens (tertiary/aromatic N) is 4. The van der Waals surface area contributed by atoms with Crippen molar-refractivity contribution < 1.29 is 9.18 Å². The molecule has 0 spiro atoms. The van der Waals surface area contributed by atoms with Crippen molar-refractivity contribution in [3.05, 3.63) is 66.1 Å². The van der Waals surface area contributed by atoms with Gasteiger partial charge in [0.25, 0.3) is 5.91 Å². The molecule has 1 aliphatic heterocycles. The molecule has 0 atom stereocenters. The van der Waals surface area contributed by atoms with E-state index in [9.17, 15) is 9.18 Å². The predicted octanol–water partition coefficient (Wildman–Crippen LogP) is 3.94. The van der Waals surface area contributed by atoms with Gasteiger partial charge >= 0.3 is 0 Å². The quantitative estimate of drug-likeness (QED) is 0.491. The Morgan fingerprint density at radius 1 is 1.03 bits per heavy atom. The Morgan fingerprint density at radius 3 is 2.47 bits per heavy atom. The molecule has 1 aliphatic carbocycles. The van der Waals surface area contributed by atoms with Crippen molar-refractivity contribution in [2.24, 2.45) is 0 Å². The lowest BCUT2D eigenvalue weighted by molar-refractivity contribution is 0.102. The highest BCUT2D eigenvalue weighted by molar-refractivity contribution is 6.07. The van der Waals surface area contributed by atoms with Gasteiger partial charge in [-0.15, -0.1) is 0 Å². The van der Waals surface area contributed by atoms with E-state index in [0.29, 0.717) is 11.8 Å². The van der Waals surface area contributed by atoms with E-state index in [0.717, 1.165) is 44.7 Å². The van der Waals surface area contributed by atoms with E-state index in [4.69, 9.17) is 0 Å². The van der Waals surface area contributed by atoms with E-state index in [1.807, 2.05) is 12.1 Å². The van der Waals surface area contributed by atoms with E-state index in [-0.39, 0.29) is 17.3 Å². The maximum absolute atomic E-state index is 14.0. The van der Waals surface area contributed by atoms with Gasteiger partial charge in [-0.2, -0.15) is 4.98 Å². The molecular weight excluding hydrogens is 433 g/mol. The van der Waals surface area contributed by atoms with Crippen LogP contribution in [0.2, 0.25) is 0 Å². The Labute approximate surface area is 198 Å². The Hall–Kier alpha value is -3.72. The summed E-state index contributed by atoms with van der Waals surface area (Å²) in [6.07, 6.45) is 3.51. The maximum atomic E-state index is 14.0. The molecule has 2 heterocycles. The van der Waals surface area contributed by atoms with Gasteiger partial charge in [-0.25, -0.2) is 9.37 Å². The number of hydrogen-bond donors (Lipinski definition) is 3. The summed E-state index contributed by atoms with van der Waals surface area (Å²) in [6.45, 7) is 4.14. The lowest BCUT2D eigenvalue weighted by Crippen LogP contribution is -2.44. The first kappa shape index (κ1) is 22.1. The summed E-state index contributed by atoms with van der Waals surface area (Å²) in [4.78, 5) is 26.4. The molecule has 2 aromatic carbocycles. The number of piperazine rings is 1. The first-order chi connectivity index (χ1) is 16.5. The van der Waals surface area contributed by atoms with Gasteiger partial charge in [0.1, 0.15) is 17.2 Å². The van der Waals surface area contributed by atoms with Gasteiger partial charge in [0, 0.05) is 49.8 Å². The minimum Gasteiger partial charge on any atom is -0.369 e. The first-order valence-electron chi connectivity index (χ1n) is 11.6. The molecule has 0 bridgehead atoms. The minimum absolute atomic E-state index is 0.118. The van der Waals surface area contributed by atoms with Gasteiger partial charge in [0.05, 0.1) is 5.69 Å². The minimum atomic E-state index is -0.494. The zero-order valence-corrected chi connectivity index (χ0v) is 19.1. The second-order valence-corrected chi connectivity index (χ2v) is 8.77. The first-order valence-corrected chi connectivity index (χ1v) is 11.6. The summed E-state index contributed by atoms with van der Waals surface area (Å²) < 4.78 is 14.0. The van der Waals surface area contributed by atoms with Crippen molar-refractivity contribution in [2.45, 2.75) is 18.9 Å². The SMILES string of the molecule is CN1CCN(c2ccc(Nc3ncc(C(=O)Nc4ccccc4F)c(NC4CC4)n3)cc2)CC1. The number of aromatic nitrogens is 2. The fourth-order valence-electron chi connectivity index (χ4n) is 3.84. The molecular formula is C25H28FN7O. The van der Waals surface area contributed by atoms with Crippen LogP contribution < -0.4 is 20.9 Å². The summed E-state index contributed by atoms with van der Waals surface area (Å²) in [6, 6.07) is 14.5. The fourth-order valence-corrected chi connectivity index (χ4v) is 3.84. The topological polar surface area (TPSA) is 85.4 Å². The largest absolute Gasteiger partial charge is 0.369 e. The van der Waals surface area contributed by atoms with Crippen LogP contribution >= 0.6 is 0 Å². The van der Waals surface area contributed by atoms with Crippen LogP contribution in [0.25, 0.3) is 0 Å². The van der Waals surface area contributed by atoms with E-state index >= 15 is 0 Å². The van der Waals surface area contributed by atoms with Crippen molar-refractivity contribution >= 4 is 34.7 Å². The molecule has 8 nitrogen and oxygen atoms in total. The van der Waals surface area contributed by atoms with Crippen LogP contribution in [0.4, 0.5) is 33.2 Å². The summed E-state index contributed by atoms with van der Waals surface area (Å²) in [5.41, 5.74) is 2.44. The summed E-state index contributed by atoms with van der Waals surface area (Å²) in [5.74, 6) is -0.135. The molecule has 176 valence electrons. The van der Waals surface area contributed by atoms with Crippen LogP contribution in [0.5, 0.6) is 0 Å². The lowest BCUT2D eigenvalue weighted by atomic mass is 10.2. The van der Waals surface area contributed by atoms with E-state index < -0.39 is 11.7 Å². The monoisotopic (exact) mass is 461 g/mol. The number of nitrogens with one attached hydrogen (secondary N) is 3. The van der Waals surface area contributed by atoms with Crippen LogP contribution in [0.3, 0.4) is 0 Å². The molecule has 9 heteroatoms. The molecule has 3 N–H and O–H groups in total. The van der Waals surface area contributed by atoms with E-state index in [1.165, 1.54) is 24.0 Å². The number of carbonyl (C=O) groups is 1. The number of halogens is 1. The molecule has 0 unspecified atom stereocenters. The molecule has 1 saturated carbocycles. The number of carbonyl (C=O) groups excluding carboxylic acids is 1. The van der Waals surface area contributed by atoms with Gasteiger partial charge < -0.3 is 25.8 Å². The highest BCUT2D eigenvalue weighted by atomic mass is 19.1. The molecule has 1 saturated heterocycles. The fraction of sp³-hybridized carbons (Fsp3) is 0.320. The highest BCUT2D eigenvalue weighted by Crippen LogP contribution is 2.28. The van der Waals surface area contributed by atoms with Gasteiger partial charge in [-0.1, -0.05) is 12.1 Å².